The van der Waals surface area contributed by atoms with Crippen LogP contribution in [0.3, 0.4) is 0 Å². The molecule has 0 fully saturated rings. The maximum atomic E-state index is 6.69. The molecule has 250 valence electrons. The van der Waals surface area contributed by atoms with Crippen molar-refractivity contribution >= 4 is 87.0 Å². The van der Waals surface area contributed by atoms with E-state index in [-0.39, 0.29) is 0 Å². The second-order valence-corrected chi connectivity index (χ2v) is 14.3. The normalized spacial score (nSPS) is 12.1. The van der Waals surface area contributed by atoms with Crippen LogP contribution < -0.4 is 0 Å². The van der Waals surface area contributed by atoms with Crippen LogP contribution in [0.15, 0.2) is 191 Å². The van der Waals surface area contributed by atoms with Crippen molar-refractivity contribution in [2.24, 2.45) is 0 Å². The first-order valence-corrected chi connectivity index (χ1v) is 18.5. The topological polar surface area (TPSA) is 26.3 Å². The van der Waals surface area contributed by atoms with Gasteiger partial charge < -0.3 is 8.83 Å². The fraction of sp³-hybridized carbons (Fsp3) is 0. The highest BCUT2D eigenvalue weighted by Gasteiger charge is 2.21. The van der Waals surface area contributed by atoms with Crippen LogP contribution in [0, 0.1) is 0 Å². The minimum absolute atomic E-state index is 0.871. The van der Waals surface area contributed by atoms with Crippen LogP contribution >= 0.6 is 0 Å². The second kappa shape index (κ2) is 11.2. The molecule has 0 aliphatic heterocycles. The molecular weight excluding hydrogens is 657 g/mol. The summed E-state index contributed by atoms with van der Waals surface area (Å²) >= 11 is 0. The van der Waals surface area contributed by atoms with Crippen molar-refractivity contribution in [3.05, 3.63) is 182 Å². The molecule has 0 bridgehead atoms. The molecule has 0 saturated heterocycles. The van der Waals surface area contributed by atoms with E-state index in [9.17, 15) is 0 Å². The van der Waals surface area contributed by atoms with Crippen LogP contribution in [0.2, 0.25) is 0 Å². The fourth-order valence-corrected chi connectivity index (χ4v) is 9.02. The zero-order valence-electron chi connectivity index (χ0n) is 29.1. The van der Waals surface area contributed by atoms with Gasteiger partial charge in [-0.25, -0.2) is 0 Å². The number of fused-ring (bicyclic) bond motifs is 13. The Morgan fingerprint density at radius 1 is 0.259 bits per heavy atom. The summed E-state index contributed by atoms with van der Waals surface area (Å²) in [5.41, 5.74) is 10.9. The lowest BCUT2D eigenvalue weighted by molar-refractivity contribution is 0.665. The Bertz CT molecular complexity index is 3430. The quantitative estimate of drug-likeness (QED) is 0.173. The van der Waals surface area contributed by atoms with Gasteiger partial charge in [-0.2, -0.15) is 0 Å². The van der Waals surface area contributed by atoms with Crippen molar-refractivity contribution in [2.45, 2.75) is 0 Å². The van der Waals surface area contributed by atoms with Gasteiger partial charge in [0.15, 0.2) is 0 Å². The summed E-state index contributed by atoms with van der Waals surface area (Å²) in [7, 11) is 0. The molecule has 2 heterocycles. The van der Waals surface area contributed by atoms with Gasteiger partial charge in [-0.15, -0.1) is 0 Å². The highest BCUT2D eigenvalue weighted by Crippen LogP contribution is 2.47. The van der Waals surface area contributed by atoms with Crippen molar-refractivity contribution in [1.29, 1.82) is 0 Å². The van der Waals surface area contributed by atoms with Crippen molar-refractivity contribution in [3.8, 4) is 33.4 Å². The predicted octanol–water partition coefficient (Wildman–Crippen LogP) is 15.1. The van der Waals surface area contributed by atoms with Crippen LogP contribution in [0.4, 0.5) is 0 Å². The van der Waals surface area contributed by atoms with Crippen molar-refractivity contribution in [3.63, 3.8) is 0 Å². The van der Waals surface area contributed by atoms with Gasteiger partial charge in [-0.3, -0.25) is 0 Å². The number of rotatable bonds is 3. The first-order chi connectivity index (χ1) is 26.8. The van der Waals surface area contributed by atoms with Crippen molar-refractivity contribution in [2.75, 3.05) is 0 Å². The van der Waals surface area contributed by atoms with Crippen LogP contribution in [-0.4, -0.2) is 0 Å². The Hall–Kier alpha value is -7.16. The summed E-state index contributed by atoms with van der Waals surface area (Å²) < 4.78 is 13.1. The molecule has 2 aromatic heterocycles. The largest absolute Gasteiger partial charge is 0.455 e. The summed E-state index contributed by atoms with van der Waals surface area (Å²) in [6.45, 7) is 0. The minimum Gasteiger partial charge on any atom is -0.455 e. The van der Waals surface area contributed by atoms with Gasteiger partial charge in [0.05, 0.1) is 5.39 Å². The monoisotopic (exact) mass is 686 g/mol. The van der Waals surface area contributed by atoms with E-state index in [1.807, 2.05) is 12.1 Å². The molecular formula is C52H30O2. The lowest BCUT2D eigenvalue weighted by Crippen LogP contribution is -1.90. The Balaban J connectivity index is 1.03. The zero-order chi connectivity index (χ0) is 35.3. The number of hydrogen-bond acceptors (Lipinski definition) is 2. The smallest absolute Gasteiger partial charge is 0.147 e. The van der Waals surface area contributed by atoms with Crippen LogP contribution in [0.1, 0.15) is 0 Å². The molecule has 0 spiro atoms. The van der Waals surface area contributed by atoms with E-state index in [2.05, 4.69) is 170 Å². The first kappa shape index (κ1) is 29.4. The van der Waals surface area contributed by atoms with E-state index < -0.39 is 0 Å². The lowest BCUT2D eigenvalue weighted by Gasteiger charge is -2.18. The third kappa shape index (κ3) is 4.17. The van der Waals surface area contributed by atoms with Crippen LogP contribution in [-0.2, 0) is 0 Å². The van der Waals surface area contributed by atoms with Gasteiger partial charge >= 0.3 is 0 Å². The van der Waals surface area contributed by atoms with Gasteiger partial charge in [0.25, 0.3) is 0 Å². The Kier molecular flexibility index (Phi) is 6.09. The SMILES string of the molecule is c1ccc(-c2c3ccccc3c(-c3ccc4cc(-c5ccc6oc7c(c6c5)c5ccccc5c5oc6ccccc6c57)ccc4c3)c3ccccc23)cc1. The molecule has 0 radical (unpaired) electrons. The third-order valence-electron chi connectivity index (χ3n) is 11.4. The Morgan fingerprint density at radius 2 is 0.741 bits per heavy atom. The van der Waals surface area contributed by atoms with Crippen molar-refractivity contribution in [1.82, 2.24) is 0 Å². The highest BCUT2D eigenvalue weighted by molar-refractivity contribution is 6.33. The number of para-hydroxylation sites is 1. The van der Waals surface area contributed by atoms with Gasteiger partial charge in [-0.1, -0.05) is 152 Å². The maximum absolute atomic E-state index is 6.69. The van der Waals surface area contributed by atoms with Gasteiger partial charge in [-0.05, 0) is 101 Å². The minimum atomic E-state index is 0.871. The van der Waals surface area contributed by atoms with E-state index in [0.29, 0.717) is 0 Å². The maximum Gasteiger partial charge on any atom is 0.147 e. The lowest BCUT2D eigenvalue weighted by atomic mass is 9.85. The summed E-state index contributed by atoms with van der Waals surface area (Å²) in [4.78, 5) is 0. The zero-order valence-corrected chi connectivity index (χ0v) is 29.1. The molecule has 12 rings (SSSR count). The molecule has 54 heavy (non-hydrogen) atoms. The standard InChI is InChI=1S/C52H30O2/c1-2-12-31(13-3-1)47-37-14-4-6-16-39(37)48(40-17-7-5-15-38(40)47)36-25-24-32-28-33(22-23-34(32)29-36)35-26-27-46-44(30-35)49-41-18-8-9-19-42(41)51-50(52(49)54-46)43-20-10-11-21-45(43)53-51/h1-30H. The van der Waals surface area contributed by atoms with E-state index >= 15 is 0 Å². The number of benzene rings is 10. The predicted molar refractivity (Wildman–Crippen MR) is 227 cm³/mol. The molecule has 0 aliphatic carbocycles. The average Bonchev–Trinajstić information content (AvgIpc) is 3.82. The van der Waals surface area contributed by atoms with E-state index in [4.69, 9.17) is 8.83 Å². The summed E-state index contributed by atoms with van der Waals surface area (Å²) in [5.74, 6) is 0. The molecule has 0 amide bonds. The molecule has 0 N–H and O–H groups in total. The molecule has 0 unspecified atom stereocenters. The summed E-state index contributed by atoms with van der Waals surface area (Å²) in [6, 6.07) is 65.6. The van der Waals surface area contributed by atoms with E-state index in [1.54, 1.807) is 0 Å². The van der Waals surface area contributed by atoms with Crippen molar-refractivity contribution < 1.29 is 8.83 Å². The molecule has 2 nitrogen and oxygen atoms in total. The highest BCUT2D eigenvalue weighted by atomic mass is 16.3. The fourth-order valence-electron chi connectivity index (χ4n) is 9.02. The summed E-state index contributed by atoms with van der Waals surface area (Å²) in [6.07, 6.45) is 0. The molecule has 10 aromatic carbocycles. The van der Waals surface area contributed by atoms with Gasteiger partial charge in [0.1, 0.15) is 22.3 Å². The van der Waals surface area contributed by atoms with Crippen LogP contribution in [0.25, 0.3) is 120 Å². The molecule has 12 aromatic rings. The van der Waals surface area contributed by atoms with E-state index in [1.165, 1.54) is 60.1 Å². The van der Waals surface area contributed by atoms with Gasteiger partial charge in [0, 0.05) is 21.5 Å². The first-order valence-electron chi connectivity index (χ1n) is 18.5. The average molecular weight is 687 g/mol. The summed E-state index contributed by atoms with van der Waals surface area (Å²) in [5, 5.41) is 14.1. The second-order valence-electron chi connectivity index (χ2n) is 14.3. The number of hydrogen-bond donors (Lipinski definition) is 0. The molecule has 0 saturated carbocycles. The van der Waals surface area contributed by atoms with Crippen LogP contribution in [0.5, 0.6) is 0 Å². The molecule has 0 atom stereocenters. The molecule has 0 aliphatic rings. The van der Waals surface area contributed by atoms with Gasteiger partial charge in [0.2, 0.25) is 0 Å². The number of furan rings is 2. The Labute approximate surface area is 310 Å². The van der Waals surface area contributed by atoms with E-state index in [0.717, 1.165) is 60.2 Å². The third-order valence-corrected chi connectivity index (χ3v) is 11.4. The Morgan fingerprint density at radius 3 is 1.44 bits per heavy atom. The molecule has 2 heteroatoms.